The molecule has 0 radical (unpaired) electrons. The van der Waals surface area contributed by atoms with Crippen molar-refractivity contribution in [1.29, 1.82) is 0 Å². The van der Waals surface area contributed by atoms with Crippen molar-refractivity contribution in [2.24, 2.45) is 0 Å². The number of rotatable bonds is 6. The first kappa shape index (κ1) is 12.8. The molecule has 0 unspecified atom stereocenters. The van der Waals surface area contributed by atoms with E-state index in [1.807, 2.05) is 0 Å². The molecule has 0 amide bonds. The van der Waals surface area contributed by atoms with Gasteiger partial charge in [0.15, 0.2) is 0 Å². The minimum atomic E-state index is -3.50. The fourth-order valence-electron chi connectivity index (χ4n) is 0.866. The van der Waals surface area contributed by atoms with Crippen molar-refractivity contribution in [3.05, 3.63) is 0 Å². The largest absolute Gasteiger partial charge is 0.469 e. The van der Waals surface area contributed by atoms with Crippen LogP contribution in [0.25, 0.3) is 0 Å². The first-order valence-electron chi connectivity index (χ1n) is 4.26. The van der Waals surface area contributed by atoms with Gasteiger partial charge in [-0.15, -0.1) is 0 Å². The number of sulfonamides is 1. The van der Waals surface area contributed by atoms with Gasteiger partial charge < -0.3 is 4.74 Å². The summed E-state index contributed by atoms with van der Waals surface area (Å²) in [6, 6.07) is 0. The molecule has 0 aliphatic rings. The SMILES string of the molecule is COC(=O)CCCS(=O)(=O)Nc1nnns1. The van der Waals surface area contributed by atoms with Crippen LogP contribution in [0.1, 0.15) is 12.8 Å². The third-order valence-corrected chi connectivity index (χ3v) is 3.53. The summed E-state index contributed by atoms with van der Waals surface area (Å²) in [4.78, 5) is 10.7. The molecule has 1 rings (SSSR count). The fourth-order valence-corrected chi connectivity index (χ4v) is 2.55. The van der Waals surface area contributed by atoms with Gasteiger partial charge in [-0.05, 0) is 11.6 Å². The maximum Gasteiger partial charge on any atom is 0.305 e. The van der Waals surface area contributed by atoms with Crippen LogP contribution in [0.4, 0.5) is 5.13 Å². The molecule has 90 valence electrons. The number of carbonyl (C=O) groups is 1. The van der Waals surface area contributed by atoms with Gasteiger partial charge in [-0.2, -0.15) is 0 Å². The Bertz CT molecular complexity index is 429. The summed E-state index contributed by atoms with van der Waals surface area (Å²) in [5.41, 5.74) is 0. The van der Waals surface area contributed by atoms with E-state index >= 15 is 0 Å². The lowest BCUT2D eigenvalue weighted by atomic mass is 10.3. The molecule has 10 heteroatoms. The Kier molecular flexibility index (Phi) is 4.55. The van der Waals surface area contributed by atoms with Crippen molar-refractivity contribution in [3.63, 3.8) is 0 Å². The predicted molar refractivity (Wildman–Crippen MR) is 56.4 cm³/mol. The first-order chi connectivity index (χ1) is 7.53. The molecule has 1 heterocycles. The molecule has 0 atom stereocenters. The van der Waals surface area contributed by atoms with E-state index in [0.717, 1.165) is 11.5 Å². The second-order valence-corrected chi connectivity index (χ2v) is 5.34. The van der Waals surface area contributed by atoms with Gasteiger partial charge in [0.2, 0.25) is 15.2 Å². The summed E-state index contributed by atoms with van der Waals surface area (Å²) in [6.45, 7) is 0. The Morgan fingerprint density at radius 3 is 2.88 bits per heavy atom. The van der Waals surface area contributed by atoms with Crippen molar-refractivity contribution in [2.75, 3.05) is 17.6 Å². The van der Waals surface area contributed by atoms with Crippen LogP contribution in [-0.4, -0.2) is 42.1 Å². The lowest BCUT2D eigenvalue weighted by molar-refractivity contribution is -0.140. The average Bonchev–Trinajstić information content (AvgIpc) is 2.69. The van der Waals surface area contributed by atoms with E-state index in [2.05, 4.69) is 24.3 Å². The maximum atomic E-state index is 11.4. The number of methoxy groups -OCH3 is 1. The molecule has 16 heavy (non-hydrogen) atoms. The van der Waals surface area contributed by atoms with Gasteiger partial charge >= 0.3 is 5.97 Å². The van der Waals surface area contributed by atoms with Crippen LogP contribution in [0.3, 0.4) is 0 Å². The van der Waals surface area contributed by atoms with Crippen LogP contribution in [0.2, 0.25) is 0 Å². The van der Waals surface area contributed by atoms with Gasteiger partial charge in [0.1, 0.15) is 0 Å². The zero-order chi connectivity index (χ0) is 12.0. The van der Waals surface area contributed by atoms with Gasteiger partial charge in [-0.3, -0.25) is 9.52 Å². The molecule has 8 nitrogen and oxygen atoms in total. The van der Waals surface area contributed by atoms with Gasteiger partial charge in [0, 0.05) is 18.0 Å². The molecule has 1 aromatic rings. The van der Waals surface area contributed by atoms with Crippen LogP contribution >= 0.6 is 11.5 Å². The molecule has 0 fully saturated rings. The van der Waals surface area contributed by atoms with Crippen molar-refractivity contribution in [1.82, 2.24) is 14.8 Å². The van der Waals surface area contributed by atoms with E-state index < -0.39 is 16.0 Å². The summed E-state index contributed by atoms with van der Waals surface area (Å²) in [7, 11) is -2.25. The highest BCUT2D eigenvalue weighted by atomic mass is 32.2. The molecular formula is C6H10N4O4S2. The Morgan fingerprint density at radius 2 is 2.31 bits per heavy atom. The first-order valence-corrected chi connectivity index (χ1v) is 6.68. The zero-order valence-corrected chi connectivity index (χ0v) is 10.0. The Morgan fingerprint density at radius 1 is 1.56 bits per heavy atom. The maximum absolute atomic E-state index is 11.4. The van der Waals surface area contributed by atoms with E-state index in [4.69, 9.17) is 0 Å². The normalized spacial score (nSPS) is 11.1. The molecule has 1 N–H and O–H groups in total. The average molecular weight is 266 g/mol. The highest BCUT2D eigenvalue weighted by Gasteiger charge is 2.13. The molecule has 0 aromatic carbocycles. The van der Waals surface area contributed by atoms with Gasteiger partial charge in [-0.1, -0.05) is 9.59 Å². The van der Waals surface area contributed by atoms with E-state index in [1.165, 1.54) is 7.11 Å². The molecule has 0 aliphatic carbocycles. The van der Waals surface area contributed by atoms with Gasteiger partial charge in [0.05, 0.1) is 12.9 Å². The summed E-state index contributed by atoms with van der Waals surface area (Å²) >= 11 is 0.840. The van der Waals surface area contributed by atoms with E-state index in [9.17, 15) is 13.2 Å². The number of hydrogen-bond acceptors (Lipinski definition) is 8. The Labute approximate surface area is 96.2 Å². The highest BCUT2D eigenvalue weighted by molar-refractivity contribution is 7.92. The minimum Gasteiger partial charge on any atom is -0.469 e. The molecule has 1 aromatic heterocycles. The monoisotopic (exact) mass is 266 g/mol. The number of esters is 1. The molecular weight excluding hydrogens is 256 g/mol. The third kappa shape index (κ3) is 4.49. The third-order valence-electron chi connectivity index (χ3n) is 1.56. The zero-order valence-electron chi connectivity index (χ0n) is 8.41. The summed E-state index contributed by atoms with van der Waals surface area (Å²) in [5.74, 6) is -0.616. The number of hydrogen-bond donors (Lipinski definition) is 1. The van der Waals surface area contributed by atoms with Crippen molar-refractivity contribution < 1.29 is 17.9 Å². The standard InChI is InChI=1S/C6H10N4O4S2/c1-14-5(11)3-2-4-16(12,13)8-6-7-9-10-15-6/h2-4H2,1H3,(H,7,8,10). The molecule has 0 saturated heterocycles. The molecule has 0 spiro atoms. The Balaban J connectivity index is 2.38. The van der Waals surface area contributed by atoms with E-state index in [1.54, 1.807) is 0 Å². The highest BCUT2D eigenvalue weighted by Crippen LogP contribution is 2.08. The van der Waals surface area contributed by atoms with Crippen LogP contribution < -0.4 is 4.72 Å². The van der Waals surface area contributed by atoms with E-state index in [0.29, 0.717) is 0 Å². The number of nitrogens with zero attached hydrogens (tertiary/aromatic N) is 3. The van der Waals surface area contributed by atoms with Crippen LogP contribution in [0.15, 0.2) is 0 Å². The second-order valence-electron chi connectivity index (χ2n) is 2.77. The number of aromatic nitrogens is 3. The van der Waals surface area contributed by atoms with Crippen LogP contribution in [-0.2, 0) is 19.6 Å². The summed E-state index contributed by atoms with van der Waals surface area (Å²) in [6.07, 6.45) is 0.250. The van der Waals surface area contributed by atoms with Crippen molar-refractivity contribution in [2.45, 2.75) is 12.8 Å². The summed E-state index contributed by atoms with van der Waals surface area (Å²) < 4.78 is 32.8. The molecule has 0 bridgehead atoms. The van der Waals surface area contributed by atoms with Crippen molar-refractivity contribution in [3.8, 4) is 0 Å². The lowest BCUT2D eigenvalue weighted by Gasteiger charge is -2.03. The fraction of sp³-hybridized carbons (Fsp3) is 0.667. The number of ether oxygens (including phenoxy) is 1. The van der Waals surface area contributed by atoms with E-state index in [-0.39, 0.29) is 23.7 Å². The summed E-state index contributed by atoms with van der Waals surface area (Å²) in [5, 5.41) is 6.79. The lowest BCUT2D eigenvalue weighted by Crippen LogP contribution is -2.17. The van der Waals surface area contributed by atoms with Crippen molar-refractivity contribution >= 4 is 32.7 Å². The minimum absolute atomic E-state index is 0.0613. The topological polar surface area (TPSA) is 111 Å². The quantitative estimate of drug-likeness (QED) is 0.699. The second kappa shape index (κ2) is 5.70. The number of carbonyl (C=O) groups excluding carboxylic acids is 1. The van der Waals surface area contributed by atoms with Gasteiger partial charge in [0.25, 0.3) is 0 Å². The molecule has 0 saturated carbocycles. The Hall–Kier alpha value is -1.29. The predicted octanol–water partition coefficient (Wildman–Crippen LogP) is -0.372. The van der Waals surface area contributed by atoms with Crippen LogP contribution in [0, 0.1) is 0 Å². The van der Waals surface area contributed by atoms with Gasteiger partial charge in [-0.25, -0.2) is 8.42 Å². The molecule has 0 aliphatic heterocycles. The smallest absolute Gasteiger partial charge is 0.305 e. The van der Waals surface area contributed by atoms with Crippen LogP contribution in [0.5, 0.6) is 0 Å². The number of nitrogens with one attached hydrogen (secondary N) is 1. The number of anilines is 1.